The number of alkyl halides is 6. The molecule has 11 heterocycles. The number of aromatic nitrogens is 3. The highest BCUT2D eigenvalue weighted by Crippen LogP contribution is 2.52. The number of halogens is 10. The Kier molecular flexibility index (Phi) is 21.7. The van der Waals surface area contributed by atoms with Gasteiger partial charge in [0.25, 0.3) is 70.6 Å². The maximum Gasteiger partial charge on any atom is 0.293 e. The van der Waals surface area contributed by atoms with E-state index in [1.165, 1.54) is 30.9 Å². The van der Waals surface area contributed by atoms with Gasteiger partial charge in [-0.3, -0.25) is 57.6 Å². The van der Waals surface area contributed by atoms with Crippen LogP contribution in [0.1, 0.15) is 179 Å². The summed E-state index contributed by atoms with van der Waals surface area (Å²) in [7, 11) is -3.35. The standard InChI is InChI=1S/C28H29ClF2N4O5.C27H28ClF3N4O4.C27H29ClF2N4O6S/c1-15-5-6-17(10-18(15)29)32-23(37)21-16(2)20(19-4-3-8-34(19)21)22(36)24(38)33-27(11-28(30,31)12-27)25(39)35-9-7-26(35)13-40-14-26;1-15-20(19-3-2-6-35(19)21(15)23(37)32-16-4-5-18(29)17(28)7-16)22(36)24(38)33-26(8-27(30,31)9-26)12-34-10-25(11-34)13-39-14-25;1-14-6-7-16(9-17(14)28)31-22(36)20-15(2)19(18-5-4-8-34(18)20)21(35)23(37)32-26(10-27(29,30)11-26)24(38)33-25(3)12-41(39,40)13-25/h5-6,10H,3-4,7-9,11-14H2,1-2H3,(H,32,37)(H,33,38);4-5,7H,2-3,6,8-14H2,1H3,(H,32,37)(H,33,38);6-7,9H,4-5,8,10-13H2,1-3H3,(H,31,36)(H,32,37)(H,33,38). The number of carbonyl (C=O) groups excluding carboxylic acids is 11. The number of nitrogens with one attached hydrogen (secondary N) is 7. The number of carbonyl (C=O) groups is 11. The fourth-order valence-corrected chi connectivity index (χ4v) is 21.8. The molecule has 120 heavy (non-hydrogen) atoms. The fourth-order valence-electron chi connectivity index (χ4n) is 19.2. The maximum atomic E-state index is 14.1. The predicted molar refractivity (Wildman–Crippen MR) is 423 cm³/mol. The number of aryl methyl sites for hydroxylation is 2. The van der Waals surface area contributed by atoms with Crippen LogP contribution in [-0.4, -0.2) is 206 Å². The van der Waals surface area contributed by atoms with Crippen LogP contribution in [0.5, 0.6) is 0 Å². The number of benzene rings is 3. The molecule has 640 valence electrons. The Morgan fingerprint density at radius 2 is 0.867 bits per heavy atom. The molecule has 3 saturated carbocycles. The molecule has 38 heteroatoms. The first-order valence-electron chi connectivity index (χ1n) is 39.3. The molecule has 0 bridgehead atoms. The van der Waals surface area contributed by atoms with E-state index in [1.54, 1.807) is 63.9 Å². The Morgan fingerprint density at radius 1 is 0.483 bits per heavy atom. The van der Waals surface area contributed by atoms with Gasteiger partial charge >= 0.3 is 0 Å². The highest BCUT2D eigenvalue weighted by molar-refractivity contribution is 7.93. The van der Waals surface area contributed by atoms with E-state index in [9.17, 15) is 91.9 Å². The van der Waals surface area contributed by atoms with Gasteiger partial charge in [0.2, 0.25) is 11.8 Å². The molecule has 0 unspecified atom stereocenters. The van der Waals surface area contributed by atoms with Crippen molar-refractivity contribution >= 4 is 126 Å². The number of likely N-dealkylation sites (tertiary alicyclic amines) is 2. The molecule has 0 radical (unpaired) electrons. The lowest BCUT2D eigenvalue weighted by Crippen LogP contribution is -2.79. The van der Waals surface area contributed by atoms with Gasteiger partial charge < -0.3 is 65.3 Å². The maximum absolute atomic E-state index is 14.1. The highest BCUT2D eigenvalue weighted by atomic mass is 35.5. The molecule has 6 aromatic rings. The Morgan fingerprint density at radius 3 is 1.22 bits per heavy atom. The second kappa shape index (κ2) is 30.5. The SMILES string of the molecule is Cc1c(C(=O)C(=O)NC2(CN3CC4(COC4)C3)CC(F)(F)C2)c2n(c1C(=O)Nc1ccc(F)c(Cl)c1)CCC2.Cc1ccc(NC(=O)c2c(C)c(C(=O)C(=O)NC3(C(=O)N4CCC45COC5)CC(F)(F)C3)c3n2CCC3)cc1Cl.Cc1ccc(NC(=O)c2c(C)c(C(=O)C(=O)NC3(C(=O)NC4(C)CS(=O)(=O)C4)CC(F)(F)C3)c3n2CCC3)cc1Cl. The quantitative estimate of drug-likeness (QED) is 0.0212. The first-order valence-corrected chi connectivity index (χ1v) is 42.2. The van der Waals surface area contributed by atoms with Gasteiger partial charge in [0.15, 0.2) is 9.84 Å². The molecule has 7 N–H and O–H groups in total. The van der Waals surface area contributed by atoms with E-state index in [0.717, 1.165) is 17.2 Å². The van der Waals surface area contributed by atoms with Crippen molar-refractivity contribution in [3.63, 3.8) is 0 Å². The monoisotopic (exact) mass is 1750 g/mol. The van der Waals surface area contributed by atoms with Gasteiger partial charge in [-0.25, -0.2) is 39.2 Å². The minimum atomic E-state index is -3.35. The first-order chi connectivity index (χ1) is 56.2. The van der Waals surface area contributed by atoms with Crippen LogP contribution in [0.15, 0.2) is 54.6 Å². The normalized spacial score (nSPS) is 21.2. The summed E-state index contributed by atoms with van der Waals surface area (Å²) in [5.74, 6) is -19.9. The van der Waals surface area contributed by atoms with Crippen LogP contribution in [0.3, 0.4) is 0 Å². The molecule has 8 aliphatic heterocycles. The van der Waals surface area contributed by atoms with Crippen LogP contribution in [0.4, 0.5) is 47.8 Å². The summed E-state index contributed by atoms with van der Waals surface area (Å²) in [6.07, 6.45) is -0.824. The molecule has 8 fully saturated rings. The third kappa shape index (κ3) is 15.7. The lowest BCUT2D eigenvalue weighted by molar-refractivity contribution is -0.218. The number of sulfone groups is 1. The molecule has 3 aliphatic carbocycles. The topological polar surface area (TPSA) is 346 Å². The van der Waals surface area contributed by atoms with Crippen molar-refractivity contribution in [1.82, 2.24) is 44.8 Å². The fraction of sp³-hybridized carbons (Fsp3) is 0.500. The van der Waals surface area contributed by atoms with E-state index in [0.29, 0.717) is 160 Å². The molecule has 27 nitrogen and oxygen atoms in total. The van der Waals surface area contributed by atoms with E-state index in [4.69, 9.17) is 44.3 Å². The lowest BCUT2D eigenvalue weighted by atomic mass is 9.69. The van der Waals surface area contributed by atoms with Crippen LogP contribution in [0.2, 0.25) is 15.1 Å². The molecule has 5 saturated heterocycles. The van der Waals surface area contributed by atoms with Crippen LogP contribution >= 0.6 is 34.8 Å². The minimum absolute atomic E-state index is 0.00854. The van der Waals surface area contributed by atoms with Gasteiger partial charge in [-0.05, 0) is 157 Å². The molecule has 8 amide bonds. The Labute approximate surface area is 698 Å². The second-order valence-corrected chi connectivity index (χ2v) is 37.9. The predicted octanol–water partition coefficient (Wildman–Crippen LogP) is 9.74. The van der Waals surface area contributed by atoms with Crippen LogP contribution in [0, 0.1) is 45.9 Å². The van der Waals surface area contributed by atoms with Gasteiger partial charge in [0.1, 0.15) is 34.0 Å². The largest absolute Gasteiger partial charge is 0.380 e. The first kappa shape index (κ1) is 85.5. The number of anilines is 3. The third-order valence-corrected chi connectivity index (χ3v) is 28.1. The van der Waals surface area contributed by atoms with Gasteiger partial charge in [-0.15, -0.1) is 0 Å². The van der Waals surface area contributed by atoms with Gasteiger partial charge in [0, 0.05) is 134 Å². The van der Waals surface area contributed by atoms with Crippen LogP contribution in [0.25, 0.3) is 0 Å². The Hall–Kier alpha value is -9.52. The molecule has 17 rings (SSSR count). The smallest absolute Gasteiger partial charge is 0.293 e. The molecule has 3 aromatic heterocycles. The van der Waals surface area contributed by atoms with E-state index >= 15 is 0 Å². The zero-order valence-corrected chi connectivity index (χ0v) is 69.2. The number of nitrogens with zero attached hydrogens (tertiary/aromatic N) is 5. The summed E-state index contributed by atoms with van der Waals surface area (Å²) < 4.78 is 137. The lowest BCUT2D eigenvalue weighted by Gasteiger charge is -2.61. The van der Waals surface area contributed by atoms with Crippen molar-refractivity contribution < 1.29 is 101 Å². The van der Waals surface area contributed by atoms with Crippen molar-refractivity contribution in [2.45, 2.75) is 190 Å². The summed E-state index contributed by atoms with van der Waals surface area (Å²) >= 11 is 18.2. The third-order valence-electron chi connectivity index (χ3n) is 24.9. The van der Waals surface area contributed by atoms with Crippen molar-refractivity contribution in [3.8, 4) is 0 Å². The summed E-state index contributed by atoms with van der Waals surface area (Å²) in [6, 6.07) is 13.9. The molecule has 3 aromatic carbocycles. The molecule has 11 aliphatic rings. The number of ether oxygens (including phenoxy) is 2. The molecule has 2 spiro atoms. The van der Waals surface area contributed by atoms with Crippen molar-refractivity contribution in [3.05, 3.63) is 154 Å². The number of rotatable bonds is 20. The summed E-state index contributed by atoms with van der Waals surface area (Å²) in [5.41, 5.74) is -0.520. The average Bonchev–Trinajstić information content (AvgIpc) is 1.10. The van der Waals surface area contributed by atoms with Crippen LogP contribution in [-0.2, 0) is 82.2 Å². The minimum Gasteiger partial charge on any atom is -0.380 e. The van der Waals surface area contributed by atoms with Crippen molar-refractivity contribution in [2.24, 2.45) is 5.41 Å². The van der Waals surface area contributed by atoms with Crippen LogP contribution < -0.4 is 37.2 Å². The number of hydrogen-bond acceptors (Lipinski definition) is 16. The number of Topliss-reactive ketones (excluding diaryl/α,β-unsaturated/α-hetero) is 3. The van der Waals surface area contributed by atoms with E-state index < -0.39 is 164 Å². The van der Waals surface area contributed by atoms with Gasteiger partial charge in [-0.2, -0.15) is 0 Å². The summed E-state index contributed by atoms with van der Waals surface area (Å²) in [5, 5.41) is 18.8. The highest BCUT2D eigenvalue weighted by Gasteiger charge is 2.68. The summed E-state index contributed by atoms with van der Waals surface area (Å²) in [6.45, 7) is 15.2. The van der Waals surface area contributed by atoms with Crippen molar-refractivity contribution in [2.75, 3.05) is 80.1 Å². The zero-order chi connectivity index (χ0) is 86.5. The average molecular weight is 1750 g/mol. The number of amides is 8. The van der Waals surface area contributed by atoms with E-state index in [-0.39, 0.29) is 73.5 Å². The molecular formula is C82H86Cl3F7N12O15S. The van der Waals surface area contributed by atoms with E-state index in [1.807, 2.05) is 18.7 Å². The van der Waals surface area contributed by atoms with Crippen molar-refractivity contribution in [1.29, 1.82) is 0 Å². The Bertz CT molecular complexity index is 5530. The second-order valence-electron chi connectivity index (χ2n) is 34.6. The van der Waals surface area contributed by atoms with E-state index in [2.05, 4.69) is 37.2 Å². The number of fused-ring (bicyclic) bond motifs is 3. The molecular weight excluding hydrogens is 1660 g/mol. The zero-order valence-electron chi connectivity index (χ0n) is 66.1. The van der Waals surface area contributed by atoms with Gasteiger partial charge in [-0.1, -0.05) is 46.9 Å². The Balaban J connectivity index is 0.000000140. The molecule has 0 atom stereocenters. The number of hydrogen-bond donors (Lipinski definition) is 7. The van der Waals surface area contributed by atoms with Gasteiger partial charge in [0.05, 0.1) is 76.3 Å². The number of ketones is 3. The summed E-state index contributed by atoms with van der Waals surface area (Å²) in [4.78, 5) is 150.